The number of anilines is 1. The van der Waals surface area contributed by atoms with Crippen LogP contribution in [0.4, 0.5) is 17.2 Å². The highest BCUT2D eigenvalue weighted by Crippen LogP contribution is 2.39. The molecule has 1 aliphatic heterocycles. The maximum atomic E-state index is 4.73. The number of hydrogen-bond donors (Lipinski definition) is 2. The van der Waals surface area contributed by atoms with Crippen LogP contribution in [-0.2, 0) is 0 Å². The van der Waals surface area contributed by atoms with Crippen LogP contribution in [0.2, 0.25) is 0 Å². The molecule has 2 heterocycles. The molecule has 1 aromatic heterocycles. The fraction of sp³-hybridized carbons (Fsp3) is 0.0667. The summed E-state index contributed by atoms with van der Waals surface area (Å²) in [5, 5.41) is 4.37. The average molecular weight is 250 g/mol. The van der Waals surface area contributed by atoms with Crippen molar-refractivity contribution in [3.05, 3.63) is 60.0 Å². The summed E-state index contributed by atoms with van der Waals surface area (Å²) >= 11 is 0. The Bertz CT molecular complexity index is 732. The number of benzene rings is 2. The number of fused-ring (bicyclic) bond motifs is 3. The van der Waals surface area contributed by atoms with Crippen LogP contribution in [0.3, 0.4) is 0 Å². The summed E-state index contributed by atoms with van der Waals surface area (Å²) in [7, 11) is 2.07. The Labute approximate surface area is 111 Å². The van der Waals surface area contributed by atoms with Gasteiger partial charge in [-0.15, -0.1) is 0 Å². The van der Waals surface area contributed by atoms with Crippen molar-refractivity contribution in [1.29, 1.82) is 0 Å². The van der Waals surface area contributed by atoms with Gasteiger partial charge in [0.1, 0.15) is 5.69 Å². The highest BCUT2D eigenvalue weighted by atomic mass is 15.8. The topological polar surface area (TPSA) is 37.6 Å². The number of rotatable bonds is 1. The van der Waals surface area contributed by atoms with Crippen molar-refractivity contribution in [2.45, 2.75) is 0 Å². The first-order chi connectivity index (χ1) is 9.34. The molecule has 4 rings (SSSR count). The van der Waals surface area contributed by atoms with Gasteiger partial charge in [-0.1, -0.05) is 42.5 Å². The van der Waals surface area contributed by atoms with Gasteiger partial charge in [-0.05, 0) is 5.52 Å². The molecule has 3 aromatic rings. The van der Waals surface area contributed by atoms with Crippen LogP contribution in [-0.4, -0.2) is 12.0 Å². The monoisotopic (exact) mass is 250 g/mol. The molecule has 0 amide bonds. The van der Waals surface area contributed by atoms with E-state index in [0.29, 0.717) is 0 Å². The Morgan fingerprint density at radius 3 is 2.58 bits per heavy atom. The number of nitrogens with zero attached hydrogens (tertiary/aromatic N) is 2. The standard InChI is InChI=1S/C15H14N4/c1-18-14-12-9-5-6-10-13(12)16-15(14)17-19(18)11-7-3-2-4-8-11/h2-10,16,19H,1H3. The van der Waals surface area contributed by atoms with Crippen LogP contribution in [0.1, 0.15) is 0 Å². The summed E-state index contributed by atoms with van der Waals surface area (Å²) in [6.07, 6.45) is 0. The molecule has 0 spiro atoms. The molecule has 2 aromatic carbocycles. The van der Waals surface area contributed by atoms with Crippen LogP contribution >= 0.6 is 0 Å². The number of nitrogens with one attached hydrogen (secondary N) is 2. The van der Waals surface area contributed by atoms with E-state index in [1.54, 1.807) is 0 Å². The molecule has 4 nitrogen and oxygen atoms in total. The lowest BCUT2D eigenvalue weighted by Crippen LogP contribution is -3.08. The summed E-state index contributed by atoms with van der Waals surface area (Å²) in [5.41, 5.74) is 8.16. The zero-order valence-corrected chi connectivity index (χ0v) is 10.6. The minimum atomic E-state index is 0.947. The van der Waals surface area contributed by atoms with Gasteiger partial charge in [-0.3, -0.25) is 0 Å². The molecule has 94 valence electrons. The van der Waals surface area contributed by atoms with E-state index in [1.165, 1.54) is 5.39 Å². The van der Waals surface area contributed by atoms with E-state index >= 15 is 0 Å². The zero-order chi connectivity index (χ0) is 12.8. The smallest absolute Gasteiger partial charge is 0.166 e. The maximum Gasteiger partial charge on any atom is 0.166 e. The lowest BCUT2D eigenvalue weighted by molar-refractivity contribution is -0.791. The Morgan fingerprint density at radius 2 is 1.74 bits per heavy atom. The van der Waals surface area contributed by atoms with E-state index in [0.717, 1.165) is 27.8 Å². The number of aromatic amines is 1. The van der Waals surface area contributed by atoms with Gasteiger partial charge in [0.25, 0.3) is 0 Å². The lowest BCUT2D eigenvalue weighted by atomic mass is 10.2. The molecule has 1 aliphatic rings. The fourth-order valence-corrected chi connectivity index (χ4v) is 2.67. The van der Waals surface area contributed by atoms with Crippen molar-refractivity contribution in [2.24, 2.45) is 0 Å². The second kappa shape index (κ2) is 3.76. The highest BCUT2D eigenvalue weighted by Gasteiger charge is 2.27. The third-order valence-electron chi connectivity index (χ3n) is 3.56. The Kier molecular flexibility index (Phi) is 2.07. The second-order valence-electron chi connectivity index (χ2n) is 4.73. The summed E-state index contributed by atoms with van der Waals surface area (Å²) in [4.78, 5) is 3.38. The summed E-state index contributed by atoms with van der Waals surface area (Å²) < 4.78 is 0. The number of hydrogen-bond acceptors (Lipinski definition) is 1. The van der Waals surface area contributed by atoms with Crippen molar-refractivity contribution in [3.8, 4) is 0 Å². The van der Waals surface area contributed by atoms with E-state index < -0.39 is 0 Å². The maximum absolute atomic E-state index is 4.73. The number of aromatic nitrogens is 1. The zero-order valence-electron chi connectivity index (χ0n) is 10.6. The van der Waals surface area contributed by atoms with Crippen LogP contribution in [0.15, 0.2) is 54.6 Å². The van der Waals surface area contributed by atoms with Crippen molar-refractivity contribution in [3.63, 3.8) is 0 Å². The van der Waals surface area contributed by atoms with E-state index in [4.69, 9.17) is 5.43 Å². The minimum Gasteiger partial charge on any atom is -0.451 e. The minimum absolute atomic E-state index is 0.947. The van der Waals surface area contributed by atoms with Crippen molar-refractivity contribution in [1.82, 2.24) is 4.98 Å². The van der Waals surface area contributed by atoms with Crippen LogP contribution in [0.25, 0.3) is 16.3 Å². The largest absolute Gasteiger partial charge is 0.451 e. The van der Waals surface area contributed by atoms with E-state index in [9.17, 15) is 0 Å². The van der Waals surface area contributed by atoms with E-state index in [1.807, 2.05) is 24.3 Å². The van der Waals surface area contributed by atoms with Gasteiger partial charge in [-0.2, -0.15) is 5.12 Å². The molecule has 0 fully saturated rings. The van der Waals surface area contributed by atoms with Crippen LogP contribution < -0.4 is 10.1 Å². The van der Waals surface area contributed by atoms with Crippen molar-refractivity contribution >= 4 is 28.1 Å². The molecular formula is C15H14N4. The Hall–Kier alpha value is -2.46. The van der Waals surface area contributed by atoms with Gasteiger partial charge in [0, 0.05) is 23.3 Å². The van der Waals surface area contributed by atoms with Gasteiger partial charge in [-0.25, -0.2) is 10.4 Å². The highest BCUT2D eigenvalue weighted by molar-refractivity contribution is 6.00. The average Bonchev–Trinajstić information content (AvgIpc) is 2.97. The predicted molar refractivity (Wildman–Crippen MR) is 76.8 cm³/mol. The summed E-state index contributed by atoms with van der Waals surface area (Å²) in [6.45, 7) is 0. The van der Waals surface area contributed by atoms with E-state index in [2.05, 4.69) is 47.4 Å². The third kappa shape index (κ3) is 1.44. The number of H-pyrrole nitrogens is 1. The van der Waals surface area contributed by atoms with Crippen LogP contribution in [0.5, 0.6) is 0 Å². The first-order valence-corrected chi connectivity index (χ1v) is 6.33. The molecule has 0 bridgehead atoms. The Balaban J connectivity index is 1.83. The van der Waals surface area contributed by atoms with Crippen LogP contribution in [0, 0.1) is 0 Å². The van der Waals surface area contributed by atoms with Gasteiger partial charge in [0.05, 0.1) is 7.05 Å². The second-order valence-corrected chi connectivity index (χ2v) is 4.73. The van der Waals surface area contributed by atoms with Gasteiger partial charge in [0.15, 0.2) is 5.69 Å². The third-order valence-corrected chi connectivity index (χ3v) is 3.56. The normalized spacial score (nSPS) is 17.5. The van der Waals surface area contributed by atoms with E-state index in [-0.39, 0.29) is 0 Å². The first kappa shape index (κ1) is 10.5. The lowest BCUT2D eigenvalue weighted by Gasteiger charge is -2.24. The molecule has 0 radical (unpaired) electrons. The van der Waals surface area contributed by atoms with Gasteiger partial charge in [0.2, 0.25) is 0 Å². The van der Waals surface area contributed by atoms with Crippen molar-refractivity contribution < 1.29 is 5.12 Å². The molecule has 0 saturated heterocycles. The molecule has 0 aliphatic carbocycles. The summed E-state index contributed by atoms with van der Waals surface area (Å²) in [6, 6.07) is 18.6. The SMILES string of the molecule is CN1c2c([nH]c3ccccc23)[N-][NH+]1c1ccccc1. The molecular weight excluding hydrogens is 236 g/mol. The predicted octanol–water partition coefficient (Wildman–Crippen LogP) is 2.67. The number of quaternary nitrogens is 1. The Morgan fingerprint density at radius 1 is 1.00 bits per heavy atom. The molecule has 4 heteroatoms. The number of para-hydroxylation sites is 1. The molecule has 19 heavy (non-hydrogen) atoms. The first-order valence-electron chi connectivity index (χ1n) is 6.33. The quantitative estimate of drug-likeness (QED) is 0.684. The molecule has 1 unspecified atom stereocenters. The fourth-order valence-electron chi connectivity index (χ4n) is 2.67. The summed E-state index contributed by atoms with van der Waals surface area (Å²) in [5.74, 6) is 0.947. The molecule has 2 N–H and O–H groups in total. The van der Waals surface area contributed by atoms with Gasteiger partial charge >= 0.3 is 0 Å². The van der Waals surface area contributed by atoms with Crippen molar-refractivity contribution in [2.75, 3.05) is 12.1 Å². The molecule has 0 saturated carbocycles. The van der Waals surface area contributed by atoms with Gasteiger partial charge < -0.3 is 4.98 Å². The molecule has 1 atom stereocenters.